The Morgan fingerprint density at radius 1 is 0.842 bits per heavy atom. The molecular formula is C6H17O10P3. The van der Waals surface area contributed by atoms with E-state index < -0.39 is 23.5 Å². The molecule has 0 heterocycles. The van der Waals surface area contributed by atoms with E-state index in [0.717, 1.165) is 0 Å². The van der Waals surface area contributed by atoms with Gasteiger partial charge in [0.1, 0.15) is 0 Å². The minimum atomic E-state index is -5.30. The molecule has 0 aliphatic rings. The van der Waals surface area contributed by atoms with Crippen LogP contribution in [0.25, 0.3) is 0 Å². The molecule has 0 bridgehead atoms. The molecule has 0 spiro atoms. The molecule has 0 fully saturated rings. The summed E-state index contributed by atoms with van der Waals surface area (Å²) in [6.45, 7) is 3.15. The highest BCUT2D eigenvalue weighted by Gasteiger charge is 2.42. The van der Waals surface area contributed by atoms with Crippen molar-refractivity contribution in [2.45, 2.75) is 26.7 Å². The zero-order valence-electron chi connectivity index (χ0n) is 10.4. The van der Waals surface area contributed by atoms with Gasteiger partial charge in [-0.15, -0.1) is 0 Å². The van der Waals surface area contributed by atoms with E-state index in [1.54, 1.807) is 13.8 Å². The Kier molecular flexibility index (Phi) is 8.17. The van der Waals surface area contributed by atoms with Gasteiger partial charge in [0.15, 0.2) is 0 Å². The molecular weight excluding hydrogens is 325 g/mol. The third-order valence-corrected chi connectivity index (χ3v) is 5.62. The van der Waals surface area contributed by atoms with Crippen molar-refractivity contribution in [3.63, 3.8) is 0 Å². The second-order valence-electron chi connectivity index (χ2n) is 3.24. The topological polar surface area (TPSA) is 149 Å². The van der Waals surface area contributed by atoms with E-state index >= 15 is 0 Å². The van der Waals surface area contributed by atoms with E-state index in [-0.39, 0.29) is 13.2 Å². The number of phosphoric acid groups is 3. The van der Waals surface area contributed by atoms with Crippen molar-refractivity contribution in [2.24, 2.45) is 0 Å². The largest absolute Gasteiger partial charge is 0.490 e. The van der Waals surface area contributed by atoms with Gasteiger partial charge in [-0.2, -0.15) is 8.62 Å². The monoisotopic (exact) mass is 342 g/mol. The third-order valence-electron chi connectivity index (χ3n) is 1.32. The van der Waals surface area contributed by atoms with Crippen LogP contribution in [0.15, 0.2) is 0 Å². The predicted molar refractivity (Wildman–Crippen MR) is 64.1 cm³/mol. The summed E-state index contributed by atoms with van der Waals surface area (Å²) in [5, 5.41) is 0. The van der Waals surface area contributed by atoms with Crippen molar-refractivity contribution in [3.05, 3.63) is 0 Å². The number of rotatable bonds is 10. The van der Waals surface area contributed by atoms with Crippen molar-refractivity contribution in [1.82, 2.24) is 0 Å². The Labute approximate surface area is 110 Å². The summed E-state index contributed by atoms with van der Waals surface area (Å²) in [5.41, 5.74) is 0. The average Bonchev–Trinajstić information content (AvgIpc) is 2.19. The maximum absolute atomic E-state index is 11.9. The predicted octanol–water partition coefficient (Wildman–Crippen LogP) is 2.17. The molecule has 0 aromatic heterocycles. The molecule has 0 aromatic carbocycles. The third kappa shape index (κ3) is 9.87. The summed E-state index contributed by atoms with van der Waals surface area (Å²) in [6, 6.07) is 0. The summed E-state index contributed by atoms with van der Waals surface area (Å²) in [6.07, 6.45) is 0.829. The van der Waals surface area contributed by atoms with Gasteiger partial charge in [0.25, 0.3) is 0 Å². The van der Waals surface area contributed by atoms with Gasteiger partial charge in [-0.25, -0.2) is 13.7 Å². The molecule has 0 aliphatic carbocycles. The molecule has 0 aromatic rings. The lowest BCUT2D eigenvalue weighted by Crippen LogP contribution is -2.02. The summed E-state index contributed by atoms with van der Waals surface area (Å²) >= 11 is 0. The van der Waals surface area contributed by atoms with Crippen LogP contribution in [-0.4, -0.2) is 27.9 Å². The van der Waals surface area contributed by atoms with Crippen LogP contribution in [0.4, 0.5) is 0 Å². The van der Waals surface area contributed by atoms with Crippen molar-refractivity contribution in [1.29, 1.82) is 0 Å². The molecule has 0 saturated carbocycles. The van der Waals surface area contributed by atoms with E-state index in [2.05, 4.69) is 17.7 Å². The first-order valence-corrected chi connectivity index (χ1v) is 9.72. The fourth-order valence-electron chi connectivity index (χ4n) is 0.766. The second-order valence-corrected chi connectivity index (χ2v) is 7.87. The minimum Gasteiger partial charge on any atom is -0.302 e. The maximum atomic E-state index is 11.9. The van der Waals surface area contributed by atoms with Crippen molar-refractivity contribution < 1.29 is 46.0 Å². The SMILES string of the molecule is CCCOP(=O)(OCCC)OP(=O)(O)OP(=O)(O)O. The Balaban J connectivity index is 4.84. The van der Waals surface area contributed by atoms with Crippen molar-refractivity contribution in [2.75, 3.05) is 13.2 Å². The fraction of sp³-hybridized carbons (Fsp3) is 1.00. The summed E-state index contributed by atoms with van der Waals surface area (Å²) in [5.74, 6) is 0. The maximum Gasteiger partial charge on any atom is 0.490 e. The van der Waals surface area contributed by atoms with Gasteiger partial charge in [0.2, 0.25) is 0 Å². The van der Waals surface area contributed by atoms with Crippen LogP contribution < -0.4 is 0 Å². The van der Waals surface area contributed by atoms with E-state index in [1.165, 1.54) is 0 Å². The van der Waals surface area contributed by atoms with Gasteiger partial charge < -0.3 is 14.7 Å². The zero-order valence-corrected chi connectivity index (χ0v) is 13.1. The van der Waals surface area contributed by atoms with Crippen LogP contribution in [0.1, 0.15) is 26.7 Å². The quantitative estimate of drug-likeness (QED) is 0.504. The first kappa shape index (κ1) is 19.4. The lowest BCUT2D eigenvalue weighted by molar-refractivity contribution is 0.137. The first-order chi connectivity index (χ1) is 8.54. The second kappa shape index (κ2) is 8.00. The van der Waals surface area contributed by atoms with E-state index in [4.69, 9.17) is 14.7 Å². The first-order valence-electron chi connectivity index (χ1n) is 5.23. The lowest BCUT2D eigenvalue weighted by Gasteiger charge is -2.19. The fourth-order valence-corrected chi connectivity index (χ4v) is 4.50. The van der Waals surface area contributed by atoms with Gasteiger partial charge in [-0.3, -0.25) is 9.05 Å². The highest BCUT2D eigenvalue weighted by molar-refractivity contribution is 7.66. The van der Waals surface area contributed by atoms with Crippen molar-refractivity contribution in [3.8, 4) is 0 Å². The summed E-state index contributed by atoms with van der Waals surface area (Å²) in [4.78, 5) is 25.9. The Morgan fingerprint density at radius 2 is 1.26 bits per heavy atom. The molecule has 10 nitrogen and oxygen atoms in total. The molecule has 0 amide bonds. The molecule has 1 atom stereocenters. The summed E-state index contributed by atoms with van der Waals surface area (Å²) < 4.78 is 50.6. The summed E-state index contributed by atoms with van der Waals surface area (Å²) in [7, 11) is -15.0. The highest BCUT2D eigenvalue weighted by atomic mass is 31.3. The van der Waals surface area contributed by atoms with E-state index in [9.17, 15) is 13.7 Å². The molecule has 0 rings (SSSR count). The van der Waals surface area contributed by atoms with Crippen LogP contribution >= 0.6 is 23.5 Å². The van der Waals surface area contributed by atoms with Gasteiger partial charge >= 0.3 is 23.5 Å². The number of hydrogen-bond donors (Lipinski definition) is 3. The standard InChI is InChI=1S/C6H17O10P3/c1-3-5-13-19(12,14-6-4-2)16-18(10,11)15-17(7,8)9/h3-6H2,1-2H3,(H,10,11)(H2,7,8,9). The normalized spacial score (nSPS) is 16.3. The van der Waals surface area contributed by atoms with Crippen LogP contribution in [0.5, 0.6) is 0 Å². The Morgan fingerprint density at radius 3 is 1.58 bits per heavy atom. The minimum absolute atomic E-state index is 0.100. The van der Waals surface area contributed by atoms with E-state index in [0.29, 0.717) is 12.8 Å². The van der Waals surface area contributed by atoms with Crippen LogP contribution in [0.2, 0.25) is 0 Å². The Bertz CT molecular complexity index is 390. The highest BCUT2D eigenvalue weighted by Crippen LogP contribution is 2.68. The molecule has 19 heavy (non-hydrogen) atoms. The van der Waals surface area contributed by atoms with Gasteiger partial charge in [0.05, 0.1) is 13.2 Å². The molecule has 0 radical (unpaired) electrons. The molecule has 13 heteroatoms. The van der Waals surface area contributed by atoms with Gasteiger partial charge in [-0.1, -0.05) is 13.8 Å². The average molecular weight is 342 g/mol. The lowest BCUT2D eigenvalue weighted by atomic mass is 10.5. The molecule has 116 valence electrons. The number of hydrogen-bond acceptors (Lipinski definition) is 7. The van der Waals surface area contributed by atoms with Crippen LogP contribution in [-0.2, 0) is 31.4 Å². The van der Waals surface area contributed by atoms with Crippen molar-refractivity contribution >= 4 is 23.5 Å². The molecule has 0 saturated heterocycles. The molecule has 0 aliphatic heterocycles. The van der Waals surface area contributed by atoms with Gasteiger partial charge in [0, 0.05) is 0 Å². The molecule has 3 N–H and O–H groups in total. The molecule has 1 unspecified atom stereocenters. The Hall–Kier alpha value is 0.410. The van der Waals surface area contributed by atoms with Crippen LogP contribution in [0.3, 0.4) is 0 Å². The number of phosphoric ester groups is 1. The van der Waals surface area contributed by atoms with Gasteiger partial charge in [-0.05, 0) is 12.8 Å². The van der Waals surface area contributed by atoms with E-state index in [1.807, 2.05) is 0 Å². The zero-order chi connectivity index (χ0) is 15.2. The smallest absolute Gasteiger partial charge is 0.302 e. The van der Waals surface area contributed by atoms with Crippen LogP contribution in [0, 0.1) is 0 Å².